The van der Waals surface area contributed by atoms with Crippen LogP contribution in [-0.4, -0.2) is 20.5 Å². The second kappa shape index (κ2) is 5.55. The fourth-order valence-corrected chi connectivity index (χ4v) is 2.13. The summed E-state index contributed by atoms with van der Waals surface area (Å²) in [6.07, 6.45) is 0. The van der Waals surface area contributed by atoms with E-state index >= 15 is 0 Å². The minimum atomic E-state index is -1.59. The molecule has 0 aliphatic heterocycles. The zero-order valence-electron chi connectivity index (χ0n) is 9.01. The fraction of sp³-hybridized carbons (Fsp3) is 0.273. The number of aliphatic carboxylic acids is 1. The lowest BCUT2D eigenvalue weighted by Gasteiger charge is -2.06. The third-order valence-electron chi connectivity index (χ3n) is 2.20. The van der Waals surface area contributed by atoms with Gasteiger partial charge in [-0.1, -0.05) is 6.07 Å². The van der Waals surface area contributed by atoms with Crippen molar-refractivity contribution in [3.05, 3.63) is 35.1 Å². The molecule has 1 aromatic carbocycles. The molecule has 90 valence electrons. The van der Waals surface area contributed by atoms with Crippen LogP contribution in [0.2, 0.25) is 0 Å². The minimum Gasteiger partial charge on any atom is -0.480 e. The Morgan fingerprint density at radius 1 is 1.65 bits per heavy atom. The van der Waals surface area contributed by atoms with Gasteiger partial charge < -0.3 is 5.11 Å². The molecule has 0 aliphatic carbocycles. The third kappa shape index (κ3) is 3.36. The van der Waals surface area contributed by atoms with Gasteiger partial charge in [-0.15, -0.1) is 0 Å². The van der Waals surface area contributed by atoms with E-state index in [2.05, 4.69) is 0 Å². The summed E-state index contributed by atoms with van der Waals surface area (Å²) in [6.45, 7) is 1.34. The molecule has 0 aliphatic rings. The van der Waals surface area contributed by atoms with Gasteiger partial charge >= 0.3 is 5.97 Å². The van der Waals surface area contributed by atoms with Gasteiger partial charge in [0.15, 0.2) is 0 Å². The normalized spacial score (nSPS) is 13.7. The molecule has 0 saturated carbocycles. The van der Waals surface area contributed by atoms with E-state index in [9.17, 15) is 13.4 Å². The van der Waals surface area contributed by atoms with E-state index in [0.717, 1.165) is 6.07 Å². The minimum absolute atomic E-state index is 0.0115. The van der Waals surface area contributed by atoms with Crippen LogP contribution in [0.4, 0.5) is 4.39 Å². The maximum absolute atomic E-state index is 13.0. The molecule has 4 nitrogen and oxygen atoms in total. The maximum Gasteiger partial charge on any atom is 0.318 e. The number of hydrogen-bond donors (Lipinski definition) is 1. The Labute approximate surface area is 100 Å². The summed E-state index contributed by atoms with van der Waals surface area (Å²) in [5, 5.41) is 16.3. The van der Waals surface area contributed by atoms with E-state index in [0.29, 0.717) is 5.56 Å². The Balaban J connectivity index is 2.87. The number of nitrogens with zero attached hydrogens (tertiary/aromatic N) is 1. The fourth-order valence-electron chi connectivity index (χ4n) is 1.15. The van der Waals surface area contributed by atoms with E-state index in [4.69, 9.17) is 10.4 Å². The molecule has 1 rings (SSSR count). The van der Waals surface area contributed by atoms with Crippen molar-refractivity contribution in [1.29, 1.82) is 5.26 Å². The highest BCUT2D eigenvalue weighted by Crippen LogP contribution is 2.13. The number of carboxylic acids is 1. The summed E-state index contributed by atoms with van der Waals surface area (Å²) in [5.41, 5.74) is 0.344. The topological polar surface area (TPSA) is 78.2 Å². The summed E-state index contributed by atoms with van der Waals surface area (Å²) in [4.78, 5) is 10.6. The largest absolute Gasteiger partial charge is 0.480 e. The van der Waals surface area contributed by atoms with Crippen molar-refractivity contribution in [2.24, 2.45) is 0 Å². The van der Waals surface area contributed by atoms with Crippen molar-refractivity contribution in [3.8, 4) is 6.07 Å². The Morgan fingerprint density at radius 3 is 2.82 bits per heavy atom. The Morgan fingerprint density at radius 2 is 2.29 bits per heavy atom. The molecule has 1 N–H and O–H groups in total. The molecule has 2 unspecified atom stereocenters. The Bertz CT molecular complexity index is 510. The molecular weight excluding hydrogens is 245 g/mol. The highest BCUT2D eigenvalue weighted by Gasteiger charge is 2.19. The first-order valence-electron chi connectivity index (χ1n) is 4.74. The molecule has 0 fully saturated rings. The average Bonchev–Trinajstić information content (AvgIpc) is 2.30. The summed E-state index contributed by atoms with van der Waals surface area (Å²) >= 11 is 0. The van der Waals surface area contributed by atoms with Gasteiger partial charge in [0.1, 0.15) is 17.1 Å². The lowest BCUT2D eigenvalue weighted by Crippen LogP contribution is -2.22. The number of rotatable bonds is 4. The van der Waals surface area contributed by atoms with Gasteiger partial charge in [0.25, 0.3) is 0 Å². The van der Waals surface area contributed by atoms with Gasteiger partial charge in [0.2, 0.25) is 0 Å². The molecule has 0 amide bonds. The molecule has 0 saturated heterocycles. The van der Waals surface area contributed by atoms with Gasteiger partial charge in [0.05, 0.1) is 5.56 Å². The Hall–Kier alpha value is -1.74. The Kier molecular flexibility index (Phi) is 4.35. The van der Waals surface area contributed by atoms with Crippen molar-refractivity contribution in [2.75, 3.05) is 0 Å². The number of hydrogen-bond acceptors (Lipinski definition) is 3. The van der Waals surface area contributed by atoms with Gasteiger partial charge in [-0.2, -0.15) is 5.26 Å². The quantitative estimate of drug-likeness (QED) is 0.882. The van der Waals surface area contributed by atoms with Gasteiger partial charge in [0, 0.05) is 16.6 Å². The lowest BCUT2D eigenvalue weighted by molar-refractivity contribution is -0.136. The second-order valence-electron chi connectivity index (χ2n) is 3.43. The van der Waals surface area contributed by atoms with Crippen LogP contribution >= 0.6 is 0 Å². The zero-order chi connectivity index (χ0) is 13.0. The van der Waals surface area contributed by atoms with Crippen LogP contribution in [0.3, 0.4) is 0 Å². The maximum atomic E-state index is 13.0. The van der Waals surface area contributed by atoms with E-state index in [1.165, 1.54) is 19.1 Å². The molecule has 2 atom stereocenters. The van der Waals surface area contributed by atoms with Crippen LogP contribution in [0, 0.1) is 17.1 Å². The van der Waals surface area contributed by atoms with Crippen LogP contribution < -0.4 is 0 Å². The second-order valence-corrected chi connectivity index (χ2v) is 5.19. The first-order chi connectivity index (χ1) is 7.95. The molecule has 0 spiro atoms. The standard InChI is InChI=1S/C11H10FNO3S/c1-7(11(14)15)17(16)6-8-2-3-10(12)9(4-8)5-13/h2-4,7H,6H2,1H3,(H,14,15). The first-order valence-corrected chi connectivity index (χ1v) is 6.12. The van der Waals surface area contributed by atoms with Crippen LogP contribution in [-0.2, 0) is 21.3 Å². The summed E-state index contributed by atoms with van der Waals surface area (Å²) < 4.78 is 24.6. The summed E-state index contributed by atoms with van der Waals surface area (Å²) in [6, 6.07) is 5.45. The highest BCUT2D eigenvalue weighted by atomic mass is 32.2. The predicted molar refractivity (Wildman–Crippen MR) is 60.1 cm³/mol. The first kappa shape index (κ1) is 13.3. The summed E-state index contributed by atoms with van der Waals surface area (Å²) in [5.74, 6) is -1.80. The number of halogens is 1. The smallest absolute Gasteiger partial charge is 0.318 e. The van der Waals surface area contributed by atoms with Crippen molar-refractivity contribution >= 4 is 16.8 Å². The average molecular weight is 255 g/mol. The van der Waals surface area contributed by atoms with Crippen LogP contribution in [0.1, 0.15) is 18.1 Å². The van der Waals surface area contributed by atoms with E-state index < -0.39 is 27.8 Å². The predicted octanol–water partition coefficient (Wildman–Crippen LogP) is 1.42. The van der Waals surface area contributed by atoms with Crippen molar-refractivity contribution in [2.45, 2.75) is 17.9 Å². The van der Waals surface area contributed by atoms with Gasteiger partial charge in [-0.25, -0.2) is 4.39 Å². The van der Waals surface area contributed by atoms with E-state index in [1.54, 1.807) is 6.07 Å². The van der Waals surface area contributed by atoms with Crippen molar-refractivity contribution < 1.29 is 18.5 Å². The van der Waals surface area contributed by atoms with Crippen molar-refractivity contribution in [1.82, 2.24) is 0 Å². The molecule has 0 heterocycles. The zero-order valence-corrected chi connectivity index (χ0v) is 9.83. The summed E-state index contributed by atoms with van der Waals surface area (Å²) in [7, 11) is -1.59. The monoisotopic (exact) mass is 255 g/mol. The third-order valence-corrected chi connectivity index (χ3v) is 3.81. The van der Waals surface area contributed by atoms with Gasteiger partial charge in [-0.05, 0) is 24.6 Å². The molecular formula is C11H10FNO3S. The number of benzene rings is 1. The number of carbonyl (C=O) groups is 1. The molecule has 6 heteroatoms. The molecule has 1 aromatic rings. The van der Waals surface area contributed by atoms with Crippen molar-refractivity contribution in [3.63, 3.8) is 0 Å². The van der Waals surface area contributed by atoms with E-state index in [-0.39, 0.29) is 11.3 Å². The van der Waals surface area contributed by atoms with Crippen LogP contribution in [0.5, 0.6) is 0 Å². The van der Waals surface area contributed by atoms with Gasteiger partial charge in [-0.3, -0.25) is 9.00 Å². The lowest BCUT2D eigenvalue weighted by atomic mass is 10.1. The SMILES string of the molecule is CC(C(=O)O)S(=O)Cc1ccc(F)c(C#N)c1. The van der Waals surface area contributed by atoms with E-state index in [1.807, 2.05) is 0 Å². The molecule has 0 radical (unpaired) electrons. The molecule has 0 bridgehead atoms. The molecule has 17 heavy (non-hydrogen) atoms. The number of carboxylic acid groups (broad SMARTS) is 1. The molecule has 0 aromatic heterocycles. The van der Waals surface area contributed by atoms with Crippen LogP contribution in [0.15, 0.2) is 18.2 Å². The van der Waals surface area contributed by atoms with Crippen LogP contribution in [0.25, 0.3) is 0 Å². The number of nitriles is 1. The highest BCUT2D eigenvalue weighted by molar-refractivity contribution is 7.85.